The zero-order valence-corrected chi connectivity index (χ0v) is 11.0. The average Bonchev–Trinajstić information content (AvgIpc) is 2.77. The molecule has 1 aliphatic rings. The Bertz CT molecular complexity index is 287. The van der Waals surface area contributed by atoms with Crippen molar-refractivity contribution in [1.29, 1.82) is 0 Å². The molecule has 1 rings (SSSR count). The highest BCUT2D eigenvalue weighted by Gasteiger charge is 2.36. The summed E-state index contributed by atoms with van der Waals surface area (Å²) in [6, 6.07) is -0.825. The van der Waals surface area contributed by atoms with E-state index in [1.807, 2.05) is 13.8 Å². The van der Waals surface area contributed by atoms with E-state index in [2.05, 4.69) is 0 Å². The predicted octanol–water partition coefficient (Wildman–Crippen LogP) is 0.193. The second-order valence-electron chi connectivity index (χ2n) is 4.49. The van der Waals surface area contributed by atoms with E-state index >= 15 is 0 Å². The van der Waals surface area contributed by atoms with Crippen molar-refractivity contribution in [1.82, 2.24) is 9.80 Å². The Hall–Kier alpha value is -1.10. The lowest BCUT2D eigenvalue weighted by Crippen LogP contribution is -2.51. The van der Waals surface area contributed by atoms with Crippen molar-refractivity contribution in [3.63, 3.8) is 0 Å². The number of nitrogens with two attached hydrogens (primary N) is 1. The van der Waals surface area contributed by atoms with E-state index in [0.717, 1.165) is 12.8 Å². The summed E-state index contributed by atoms with van der Waals surface area (Å²) in [5.41, 5.74) is 5.60. The Morgan fingerprint density at radius 3 is 2.47 bits per heavy atom. The molecule has 0 aromatic heterocycles. The molecule has 0 bridgehead atoms. The molecule has 0 aromatic rings. The lowest BCUT2D eigenvalue weighted by Gasteiger charge is -2.29. The zero-order chi connectivity index (χ0) is 13.0. The van der Waals surface area contributed by atoms with Gasteiger partial charge in [0.2, 0.25) is 11.8 Å². The third-order valence-electron chi connectivity index (χ3n) is 3.29. The van der Waals surface area contributed by atoms with Gasteiger partial charge in [-0.2, -0.15) is 0 Å². The van der Waals surface area contributed by atoms with E-state index in [0.29, 0.717) is 19.6 Å². The van der Waals surface area contributed by atoms with E-state index in [9.17, 15) is 9.59 Å². The van der Waals surface area contributed by atoms with Crippen LogP contribution < -0.4 is 5.73 Å². The van der Waals surface area contributed by atoms with Gasteiger partial charge >= 0.3 is 0 Å². The molecule has 1 unspecified atom stereocenters. The Kier molecular flexibility index (Phi) is 4.93. The van der Waals surface area contributed by atoms with Crippen LogP contribution >= 0.6 is 0 Å². The summed E-state index contributed by atoms with van der Waals surface area (Å²) >= 11 is 0. The van der Waals surface area contributed by atoms with Crippen LogP contribution in [0.25, 0.3) is 0 Å². The normalized spacial score (nSPS) is 21.4. The van der Waals surface area contributed by atoms with Crippen LogP contribution in [0.5, 0.6) is 0 Å². The third kappa shape index (κ3) is 2.97. The van der Waals surface area contributed by atoms with Gasteiger partial charge in [0.1, 0.15) is 6.04 Å². The summed E-state index contributed by atoms with van der Waals surface area (Å²) in [5.74, 6) is -0.0606. The van der Waals surface area contributed by atoms with Gasteiger partial charge in [-0.25, -0.2) is 0 Å². The smallest absolute Gasteiger partial charge is 0.245 e. The highest BCUT2D eigenvalue weighted by Crippen LogP contribution is 2.20. The minimum Gasteiger partial charge on any atom is -0.341 e. The minimum atomic E-state index is -0.528. The molecule has 0 aliphatic carbocycles. The van der Waals surface area contributed by atoms with E-state index < -0.39 is 6.04 Å². The van der Waals surface area contributed by atoms with Crippen LogP contribution in [0.1, 0.15) is 33.6 Å². The van der Waals surface area contributed by atoms with Crippen molar-refractivity contribution in [3.8, 4) is 0 Å². The maximum atomic E-state index is 12.2. The Morgan fingerprint density at radius 2 is 2.00 bits per heavy atom. The van der Waals surface area contributed by atoms with Crippen LogP contribution in [0.4, 0.5) is 0 Å². The number of likely N-dealkylation sites (N-methyl/N-ethyl adjacent to an activating group) is 1. The molecule has 1 fully saturated rings. The number of hydrogen-bond acceptors (Lipinski definition) is 3. The predicted molar refractivity (Wildman–Crippen MR) is 66.3 cm³/mol. The van der Waals surface area contributed by atoms with Gasteiger partial charge in [0.25, 0.3) is 0 Å². The molecule has 2 amide bonds. The Balaban J connectivity index is 2.75. The number of rotatable bonds is 4. The van der Waals surface area contributed by atoms with Crippen molar-refractivity contribution in [3.05, 3.63) is 0 Å². The lowest BCUT2D eigenvalue weighted by atomic mass is 10.1. The molecule has 0 spiro atoms. The van der Waals surface area contributed by atoms with Gasteiger partial charge in [-0.05, 0) is 33.6 Å². The number of carbonyl (C=O) groups is 2. The molecule has 1 aliphatic heterocycles. The number of carbonyl (C=O) groups excluding carboxylic acids is 2. The van der Waals surface area contributed by atoms with E-state index in [-0.39, 0.29) is 17.9 Å². The molecular weight excluding hydrogens is 218 g/mol. The molecule has 0 saturated carbocycles. The zero-order valence-electron chi connectivity index (χ0n) is 11.0. The highest BCUT2D eigenvalue weighted by molar-refractivity contribution is 5.90. The number of hydrogen-bond donors (Lipinski definition) is 1. The molecule has 98 valence electrons. The second kappa shape index (κ2) is 6.00. The molecule has 5 heteroatoms. The van der Waals surface area contributed by atoms with Crippen LogP contribution in [0.15, 0.2) is 0 Å². The van der Waals surface area contributed by atoms with Gasteiger partial charge in [-0.15, -0.1) is 0 Å². The van der Waals surface area contributed by atoms with Gasteiger partial charge in [-0.1, -0.05) is 0 Å². The fraction of sp³-hybridized carbons (Fsp3) is 0.833. The van der Waals surface area contributed by atoms with E-state index in [1.54, 1.807) is 16.7 Å². The molecule has 5 nitrogen and oxygen atoms in total. The van der Waals surface area contributed by atoms with Crippen molar-refractivity contribution >= 4 is 11.8 Å². The number of likely N-dealkylation sites (tertiary alicyclic amines) is 1. The maximum absolute atomic E-state index is 12.2. The largest absolute Gasteiger partial charge is 0.341 e. The third-order valence-corrected chi connectivity index (χ3v) is 3.29. The minimum absolute atomic E-state index is 0.0569. The van der Waals surface area contributed by atoms with Crippen LogP contribution in [-0.2, 0) is 9.59 Å². The van der Waals surface area contributed by atoms with Gasteiger partial charge in [-0.3, -0.25) is 9.59 Å². The van der Waals surface area contributed by atoms with Crippen molar-refractivity contribution in [2.24, 2.45) is 5.73 Å². The molecule has 1 heterocycles. The van der Waals surface area contributed by atoms with Crippen molar-refractivity contribution in [2.45, 2.75) is 45.7 Å². The topological polar surface area (TPSA) is 66.6 Å². The van der Waals surface area contributed by atoms with Crippen LogP contribution in [0.2, 0.25) is 0 Å². The lowest BCUT2D eigenvalue weighted by molar-refractivity contribution is -0.144. The molecule has 0 aromatic carbocycles. The standard InChI is InChI=1S/C12H23N3O2/c1-4-14(5-2)12(17)10-7-6-8-15(10)11(16)9(3)13/h9-10H,4-8,13H2,1-3H3/t9-,10?/m1/s1. The summed E-state index contributed by atoms with van der Waals surface area (Å²) in [6.45, 7) is 7.60. The molecular formula is C12H23N3O2. The Labute approximate surface area is 103 Å². The first-order valence-electron chi connectivity index (χ1n) is 6.37. The van der Waals surface area contributed by atoms with Gasteiger partial charge < -0.3 is 15.5 Å². The summed E-state index contributed by atoms with van der Waals surface area (Å²) < 4.78 is 0. The summed E-state index contributed by atoms with van der Waals surface area (Å²) in [6.07, 6.45) is 1.64. The first kappa shape index (κ1) is 14.0. The van der Waals surface area contributed by atoms with Gasteiger partial charge in [0, 0.05) is 19.6 Å². The van der Waals surface area contributed by atoms with E-state index in [4.69, 9.17) is 5.73 Å². The summed E-state index contributed by atoms with van der Waals surface area (Å²) in [4.78, 5) is 27.5. The fourth-order valence-corrected chi connectivity index (χ4v) is 2.29. The van der Waals surface area contributed by atoms with Crippen LogP contribution in [-0.4, -0.2) is 53.3 Å². The molecule has 17 heavy (non-hydrogen) atoms. The SMILES string of the molecule is CCN(CC)C(=O)C1CCCN1C(=O)[C@@H](C)N. The van der Waals surface area contributed by atoms with Gasteiger partial charge in [0.05, 0.1) is 6.04 Å². The van der Waals surface area contributed by atoms with Crippen LogP contribution in [0.3, 0.4) is 0 Å². The average molecular weight is 241 g/mol. The highest BCUT2D eigenvalue weighted by atomic mass is 16.2. The number of amides is 2. The molecule has 1 saturated heterocycles. The molecule has 2 atom stereocenters. The first-order chi connectivity index (χ1) is 8.02. The van der Waals surface area contributed by atoms with E-state index in [1.165, 1.54) is 0 Å². The molecule has 0 radical (unpaired) electrons. The summed E-state index contributed by atoms with van der Waals surface area (Å²) in [7, 11) is 0. The van der Waals surface area contributed by atoms with Gasteiger partial charge in [0.15, 0.2) is 0 Å². The second-order valence-corrected chi connectivity index (χ2v) is 4.49. The monoisotopic (exact) mass is 241 g/mol. The maximum Gasteiger partial charge on any atom is 0.245 e. The quantitative estimate of drug-likeness (QED) is 0.764. The van der Waals surface area contributed by atoms with Crippen molar-refractivity contribution < 1.29 is 9.59 Å². The summed E-state index contributed by atoms with van der Waals surface area (Å²) in [5, 5.41) is 0. The Morgan fingerprint density at radius 1 is 1.41 bits per heavy atom. The van der Waals surface area contributed by atoms with Crippen molar-refractivity contribution in [2.75, 3.05) is 19.6 Å². The molecule has 2 N–H and O–H groups in total. The number of nitrogens with zero attached hydrogens (tertiary/aromatic N) is 2. The fourth-order valence-electron chi connectivity index (χ4n) is 2.29. The first-order valence-corrected chi connectivity index (χ1v) is 6.37. The van der Waals surface area contributed by atoms with Crippen LogP contribution in [0, 0.1) is 0 Å².